The van der Waals surface area contributed by atoms with Crippen LogP contribution >= 0.6 is 0 Å². The van der Waals surface area contributed by atoms with E-state index < -0.39 is 0 Å². The Morgan fingerprint density at radius 1 is 1.20 bits per heavy atom. The molecule has 2 fully saturated rings. The minimum absolute atomic E-state index is 0.0983. The standard InChI is InChI=1S/C20H23N3O2/c24-20(23-10-8-17-6-7-18(13-23)22-17)16-4-1-5-19(11-16)25-14-15-3-2-9-21-12-15/h1-5,9,11-12,17-18,22H,6-8,10,13-14H2. The fourth-order valence-electron chi connectivity index (χ4n) is 3.68. The number of carbonyl (C=O) groups is 1. The van der Waals surface area contributed by atoms with Crippen molar-refractivity contribution in [2.24, 2.45) is 0 Å². The molecule has 2 aliphatic heterocycles. The average molecular weight is 337 g/mol. The Morgan fingerprint density at radius 2 is 2.12 bits per heavy atom. The highest BCUT2D eigenvalue weighted by molar-refractivity contribution is 5.94. The quantitative estimate of drug-likeness (QED) is 0.932. The summed E-state index contributed by atoms with van der Waals surface area (Å²) in [7, 11) is 0. The van der Waals surface area contributed by atoms with E-state index in [0.29, 0.717) is 30.0 Å². The zero-order chi connectivity index (χ0) is 17.1. The number of nitrogens with zero attached hydrogens (tertiary/aromatic N) is 2. The van der Waals surface area contributed by atoms with E-state index >= 15 is 0 Å². The third-order valence-corrected chi connectivity index (χ3v) is 5.02. The summed E-state index contributed by atoms with van der Waals surface area (Å²) in [5.74, 6) is 0.811. The van der Waals surface area contributed by atoms with Gasteiger partial charge in [0.15, 0.2) is 0 Å². The van der Waals surface area contributed by atoms with Gasteiger partial charge in [-0.3, -0.25) is 9.78 Å². The number of amides is 1. The van der Waals surface area contributed by atoms with Crippen LogP contribution in [0, 0.1) is 0 Å². The monoisotopic (exact) mass is 337 g/mol. The Bertz CT molecular complexity index is 735. The van der Waals surface area contributed by atoms with Gasteiger partial charge in [0.2, 0.25) is 0 Å². The van der Waals surface area contributed by atoms with Gasteiger partial charge in [-0.1, -0.05) is 12.1 Å². The van der Waals surface area contributed by atoms with Crippen LogP contribution in [0.15, 0.2) is 48.8 Å². The van der Waals surface area contributed by atoms with E-state index in [1.165, 1.54) is 12.8 Å². The van der Waals surface area contributed by atoms with Crippen molar-refractivity contribution in [1.29, 1.82) is 0 Å². The fraction of sp³-hybridized carbons (Fsp3) is 0.400. The van der Waals surface area contributed by atoms with Crippen molar-refractivity contribution in [2.75, 3.05) is 13.1 Å². The highest BCUT2D eigenvalue weighted by atomic mass is 16.5. The van der Waals surface area contributed by atoms with Crippen LogP contribution in [0.4, 0.5) is 0 Å². The van der Waals surface area contributed by atoms with Gasteiger partial charge in [-0.25, -0.2) is 0 Å². The van der Waals surface area contributed by atoms with Crippen molar-refractivity contribution in [3.8, 4) is 5.75 Å². The van der Waals surface area contributed by atoms with Gasteiger partial charge in [0, 0.05) is 48.7 Å². The number of carbonyl (C=O) groups excluding carboxylic acids is 1. The van der Waals surface area contributed by atoms with Crippen molar-refractivity contribution in [3.63, 3.8) is 0 Å². The Kier molecular flexibility index (Phi) is 4.65. The van der Waals surface area contributed by atoms with Crippen LogP contribution in [0.2, 0.25) is 0 Å². The van der Waals surface area contributed by atoms with Gasteiger partial charge in [-0.2, -0.15) is 0 Å². The Morgan fingerprint density at radius 3 is 3.00 bits per heavy atom. The van der Waals surface area contributed by atoms with Crippen molar-refractivity contribution >= 4 is 5.91 Å². The molecule has 0 spiro atoms. The average Bonchev–Trinajstić information content (AvgIpc) is 2.99. The van der Waals surface area contributed by atoms with Crippen LogP contribution in [0.5, 0.6) is 5.75 Å². The molecule has 3 heterocycles. The minimum atomic E-state index is 0.0983. The first-order valence-corrected chi connectivity index (χ1v) is 8.95. The molecule has 2 unspecified atom stereocenters. The molecule has 0 saturated carbocycles. The van der Waals surface area contributed by atoms with Gasteiger partial charge < -0.3 is 15.0 Å². The summed E-state index contributed by atoms with van der Waals surface area (Å²) in [6, 6.07) is 12.4. The number of fused-ring (bicyclic) bond motifs is 2. The molecule has 2 saturated heterocycles. The number of aromatic nitrogens is 1. The number of rotatable bonds is 4. The predicted octanol–water partition coefficient (Wildman–Crippen LogP) is 2.63. The maximum Gasteiger partial charge on any atom is 0.254 e. The van der Waals surface area contributed by atoms with Crippen LogP contribution in [0.3, 0.4) is 0 Å². The number of benzene rings is 1. The maximum atomic E-state index is 12.9. The van der Waals surface area contributed by atoms with Crippen molar-refractivity contribution in [3.05, 3.63) is 59.9 Å². The van der Waals surface area contributed by atoms with E-state index in [1.54, 1.807) is 12.4 Å². The first-order valence-electron chi connectivity index (χ1n) is 8.95. The number of likely N-dealkylation sites (tertiary alicyclic amines) is 1. The Balaban J connectivity index is 1.42. The maximum absolute atomic E-state index is 12.9. The minimum Gasteiger partial charge on any atom is -0.489 e. The third-order valence-electron chi connectivity index (χ3n) is 5.02. The lowest BCUT2D eigenvalue weighted by atomic mass is 10.1. The van der Waals surface area contributed by atoms with Crippen LogP contribution in [-0.4, -0.2) is 41.0 Å². The molecule has 1 aromatic carbocycles. The van der Waals surface area contributed by atoms with Gasteiger partial charge in [0.25, 0.3) is 5.91 Å². The van der Waals surface area contributed by atoms with Gasteiger partial charge in [0.1, 0.15) is 12.4 Å². The summed E-state index contributed by atoms with van der Waals surface area (Å²) in [5.41, 5.74) is 1.70. The van der Waals surface area contributed by atoms with Gasteiger partial charge in [-0.15, -0.1) is 0 Å². The highest BCUT2D eigenvalue weighted by Gasteiger charge is 2.31. The van der Waals surface area contributed by atoms with Crippen molar-refractivity contribution in [1.82, 2.24) is 15.2 Å². The molecule has 1 N–H and O–H groups in total. The van der Waals surface area contributed by atoms with Crippen LogP contribution in [0.25, 0.3) is 0 Å². The zero-order valence-corrected chi connectivity index (χ0v) is 14.2. The van der Waals surface area contributed by atoms with Crippen LogP contribution < -0.4 is 10.1 Å². The molecule has 4 rings (SSSR count). The largest absolute Gasteiger partial charge is 0.489 e. The van der Waals surface area contributed by atoms with E-state index in [4.69, 9.17) is 4.74 Å². The summed E-state index contributed by atoms with van der Waals surface area (Å²) in [4.78, 5) is 19.0. The number of ether oxygens (including phenoxy) is 1. The van der Waals surface area contributed by atoms with Gasteiger partial charge in [0.05, 0.1) is 0 Å². The molecule has 0 radical (unpaired) electrons. The first kappa shape index (κ1) is 16.1. The first-order chi connectivity index (χ1) is 12.3. The van der Waals surface area contributed by atoms with Gasteiger partial charge in [-0.05, 0) is 43.5 Å². The molecule has 2 bridgehead atoms. The van der Waals surface area contributed by atoms with E-state index in [0.717, 1.165) is 25.1 Å². The molecule has 130 valence electrons. The van der Waals surface area contributed by atoms with E-state index in [2.05, 4.69) is 10.3 Å². The van der Waals surface area contributed by atoms with E-state index in [9.17, 15) is 4.79 Å². The van der Waals surface area contributed by atoms with Gasteiger partial charge >= 0.3 is 0 Å². The van der Waals surface area contributed by atoms with E-state index in [-0.39, 0.29) is 5.91 Å². The summed E-state index contributed by atoms with van der Waals surface area (Å²) >= 11 is 0. The molecule has 1 amide bonds. The second-order valence-electron chi connectivity index (χ2n) is 6.86. The Labute approximate surface area is 148 Å². The predicted molar refractivity (Wildman–Crippen MR) is 95.5 cm³/mol. The molecule has 2 aliphatic rings. The lowest BCUT2D eigenvalue weighted by Crippen LogP contribution is -2.39. The lowest BCUT2D eigenvalue weighted by molar-refractivity contribution is 0.0747. The fourth-order valence-corrected chi connectivity index (χ4v) is 3.68. The molecule has 25 heavy (non-hydrogen) atoms. The molecule has 5 heteroatoms. The third kappa shape index (κ3) is 3.82. The molecule has 1 aromatic heterocycles. The summed E-state index contributed by atoms with van der Waals surface area (Å²) in [6.45, 7) is 2.08. The number of pyridine rings is 1. The topological polar surface area (TPSA) is 54.5 Å². The lowest BCUT2D eigenvalue weighted by Gasteiger charge is -2.24. The summed E-state index contributed by atoms with van der Waals surface area (Å²) in [5, 5.41) is 3.61. The normalized spacial score (nSPS) is 22.5. The second kappa shape index (κ2) is 7.23. The summed E-state index contributed by atoms with van der Waals surface area (Å²) < 4.78 is 5.82. The van der Waals surface area contributed by atoms with Crippen molar-refractivity contribution < 1.29 is 9.53 Å². The zero-order valence-electron chi connectivity index (χ0n) is 14.2. The SMILES string of the molecule is O=C(c1cccc(OCc2cccnc2)c1)N1CCC2CCC(C1)N2. The van der Waals surface area contributed by atoms with Crippen LogP contribution in [-0.2, 0) is 6.61 Å². The van der Waals surface area contributed by atoms with E-state index in [1.807, 2.05) is 41.3 Å². The molecule has 5 nitrogen and oxygen atoms in total. The number of nitrogens with one attached hydrogen (secondary N) is 1. The second-order valence-corrected chi connectivity index (χ2v) is 6.86. The molecular formula is C20H23N3O2. The number of hydrogen-bond acceptors (Lipinski definition) is 4. The number of hydrogen-bond donors (Lipinski definition) is 1. The molecular weight excluding hydrogens is 314 g/mol. The molecule has 0 aliphatic carbocycles. The molecule has 2 aromatic rings. The highest BCUT2D eigenvalue weighted by Crippen LogP contribution is 2.23. The summed E-state index contributed by atoms with van der Waals surface area (Å²) in [6.07, 6.45) is 6.98. The Hall–Kier alpha value is -2.40. The molecule has 2 atom stereocenters. The van der Waals surface area contributed by atoms with Crippen molar-refractivity contribution in [2.45, 2.75) is 38.0 Å². The van der Waals surface area contributed by atoms with Crippen LogP contribution in [0.1, 0.15) is 35.2 Å². The smallest absolute Gasteiger partial charge is 0.254 e.